The number of sulfonamides is 1. The monoisotopic (exact) mass is 391 g/mol. The van der Waals surface area contributed by atoms with Crippen molar-refractivity contribution in [2.45, 2.75) is 25.7 Å². The minimum atomic E-state index is -4.16. The molecule has 134 valence electrons. The van der Waals surface area contributed by atoms with Gasteiger partial charge >= 0.3 is 0 Å². The average Bonchev–Trinajstić information content (AvgIpc) is 3.38. The molecule has 0 heterocycles. The van der Waals surface area contributed by atoms with E-state index in [-0.39, 0.29) is 11.8 Å². The molecule has 0 aromatic carbocycles. The van der Waals surface area contributed by atoms with Crippen LogP contribution in [0.1, 0.15) is 25.7 Å². The number of nitrogens with zero attached hydrogens (tertiary/aromatic N) is 2. The third-order valence-electron chi connectivity index (χ3n) is 3.71. The van der Waals surface area contributed by atoms with Crippen LogP contribution in [-0.4, -0.2) is 48.4 Å². The van der Waals surface area contributed by atoms with Crippen molar-refractivity contribution in [3.05, 3.63) is 11.1 Å². The number of hydrogen-bond donors (Lipinski definition) is 3. The summed E-state index contributed by atoms with van der Waals surface area (Å²) in [6.45, 7) is 0. The van der Waals surface area contributed by atoms with E-state index in [9.17, 15) is 13.2 Å². The molecule has 2 saturated carbocycles. The van der Waals surface area contributed by atoms with Crippen LogP contribution in [0.5, 0.6) is 0 Å². The van der Waals surface area contributed by atoms with E-state index in [0.29, 0.717) is 9.98 Å². The largest absolute Gasteiger partial charge is 0.403 e. The van der Waals surface area contributed by atoms with Gasteiger partial charge in [-0.2, -0.15) is 0 Å². The van der Waals surface area contributed by atoms with E-state index < -0.39 is 20.8 Å². The zero-order chi connectivity index (χ0) is 18.1. The normalized spacial score (nSPS) is 18.0. The van der Waals surface area contributed by atoms with E-state index in [4.69, 9.17) is 30.2 Å². The Morgan fingerprint density at radius 2 is 1.54 bits per heavy atom. The van der Waals surface area contributed by atoms with Crippen molar-refractivity contribution >= 4 is 50.3 Å². The van der Waals surface area contributed by atoms with Crippen molar-refractivity contribution in [3.63, 3.8) is 0 Å². The van der Waals surface area contributed by atoms with Gasteiger partial charge in [-0.3, -0.25) is 20.2 Å². The molecule has 0 unspecified atom stereocenters. The van der Waals surface area contributed by atoms with Gasteiger partial charge in [-0.25, -0.2) is 8.42 Å². The van der Waals surface area contributed by atoms with Crippen LogP contribution in [0, 0.1) is 11.8 Å². The maximum atomic E-state index is 12.4. The lowest BCUT2D eigenvalue weighted by molar-refractivity contribution is -0.119. The molecule has 2 rings (SSSR count). The molecule has 8 nitrogen and oxygen atoms in total. The van der Waals surface area contributed by atoms with Crippen LogP contribution in [0.15, 0.2) is 11.1 Å². The lowest BCUT2D eigenvalue weighted by Crippen LogP contribution is -2.49. The lowest BCUT2D eigenvalue weighted by Gasteiger charge is -2.23. The second kappa shape index (κ2) is 7.30. The van der Waals surface area contributed by atoms with Crippen molar-refractivity contribution < 1.29 is 13.2 Å². The quantitative estimate of drug-likeness (QED) is 0.330. The highest BCUT2D eigenvalue weighted by Gasteiger charge is 2.34. The first kappa shape index (κ1) is 19.0. The summed E-state index contributed by atoms with van der Waals surface area (Å²) < 4.78 is 24.8. The lowest BCUT2D eigenvalue weighted by atomic mass is 10.4. The van der Waals surface area contributed by atoms with Crippen molar-refractivity contribution in [3.8, 4) is 0 Å². The third kappa shape index (κ3) is 4.62. The Kier molecular flexibility index (Phi) is 5.78. The summed E-state index contributed by atoms with van der Waals surface area (Å²) in [4.78, 5) is 15.0. The molecule has 11 heteroatoms. The maximum Gasteiger partial charge on any atom is 0.284 e. The van der Waals surface area contributed by atoms with Gasteiger partial charge in [0, 0.05) is 32.1 Å². The highest BCUT2D eigenvalue weighted by molar-refractivity contribution is 7.94. The predicted octanol–water partition coefficient (Wildman–Crippen LogP) is -0.00950. The molecule has 0 radical (unpaired) electrons. The first-order valence-electron chi connectivity index (χ1n) is 7.48. The van der Waals surface area contributed by atoms with E-state index >= 15 is 0 Å². The van der Waals surface area contributed by atoms with E-state index in [2.05, 4.69) is 10.3 Å². The van der Waals surface area contributed by atoms with Crippen LogP contribution in [0.4, 0.5) is 0 Å². The zero-order valence-electron chi connectivity index (χ0n) is 13.5. The predicted molar refractivity (Wildman–Crippen MR) is 98.6 cm³/mol. The number of carbonyl (C=O) groups excluding carboxylic acids is 1. The fourth-order valence-corrected chi connectivity index (χ4v) is 3.68. The fraction of sp³-hybridized carbons (Fsp3) is 0.615. The zero-order valence-corrected chi connectivity index (χ0v) is 15.9. The summed E-state index contributed by atoms with van der Waals surface area (Å²) in [5.41, 5.74) is 7.79. The minimum Gasteiger partial charge on any atom is -0.403 e. The first-order valence-corrected chi connectivity index (χ1v) is 9.77. The Morgan fingerprint density at radius 1 is 1.08 bits per heavy atom. The molecule has 2 aliphatic rings. The number of hydrogen-bond acceptors (Lipinski definition) is 6. The Hall–Kier alpha value is -1.30. The molecule has 0 spiro atoms. The Labute approximate surface area is 152 Å². The summed E-state index contributed by atoms with van der Waals surface area (Å²) in [6, 6.07) is 0. The van der Waals surface area contributed by atoms with Crippen LogP contribution >= 0.6 is 24.4 Å². The van der Waals surface area contributed by atoms with Gasteiger partial charge < -0.3 is 5.73 Å². The van der Waals surface area contributed by atoms with Gasteiger partial charge in [-0.15, -0.1) is 4.83 Å². The molecule has 0 saturated heterocycles. The molecule has 2 aliphatic carbocycles. The van der Waals surface area contributed by atoms with Crippen molar-refractivity contribution in [2.75, 3.05) is 14.1 Å². The summed E-state index contributed by atoms with van der Waals surface area (Å²) in [5, 5.41) is 2.59. The molecule has 0 atom stereocenters. The van der Waals surface area contributed by atoms with E-state index in [1.807, 2.05) is 0 Å². The van der Waals surface area contributed by atoms with Gasteiger partial charge in [0.25, 0.3) is 15.9 Å². The van der Waals surface area contributed by atoms with Crippen LogP contribution in [-0.2, 0) is 14.8 Å². The second-order valence-corrected chi connectivity index (χ2v) is 8.38. The van der Waals surface area contributed by atoms with Crippen LogP contribution < -0.4 is 16.0 Å². The second-order valence-electron chi connectivity index (χ2n) is 5.91. The Bertz CT molecular complexity index is 683. The van der Waals surface area contributed by atoms with Crippen molar-refractivity contribution in [1.29, 1.82) is 0 Å². The molecular formula is C13H21N5O3S3. The summed E-state index contributed by atoms with van der Waals surface area (Å²) in [5.74, 6) is -0.400. The summed E-state index contributed by atoms with van der Waals surface area (Å²) >= 11 is 10.4. The number of hydrazine groups is 2. The number of rotatable bonds is 6. The number of nitrogens with one attached hydrogen (secondary N) is 2. The fourth-order valence-electron chi connectivity index (χ4n) is 2.03. The molecule has 4 N–H and O–H groups in total. The molecule has 0 aliphatic heterocycles. The number of carbonyl (C=O) groups is 1. The first-order chi connectivity index (χ1) is 11.2. The molecule has 24 heavy (non-hydrogen) atoms. The SMILES string of the molecule is CN(NC(=O)/C(=C\N)S(=O)(=O)NN(C)C(=S)C1CC1)C(=S)C1CC1. The third-order valence-corrected chi connectivity index (χ3v) is 6.33. The van der Waals surface area contributed by atoms with Gasteiger partial charge in [0.1, 0.15) is 0 Å². The van der Waals surface area contributed by atoms with Gasteiger partial charge in [0.15, 0.2) is 4.91 Å². The molecule has 2 fully saturated rings. The molecule has 0 bridgehead atoms. The standard InChI is InChI=1S/C13H21N5O3S3/c1-17(12(22)8-3-4-8)15-11(19)10(7-14)24(20,21)16-18(2)13(23)9-5-6-9/h7-9,16H,3-6,14H2,1-2H3,(H,15,19)/b10-7+. The molecule has 0 aromatic heterocycles. The summed E-state index contributed by atoms with van der Waals surface area (Å²) in [7, 11) is -1.09. The van der Waals surface area contributed by atoms with Crippen LogP contribution in [0.3, 0.4) is 0 Å². The smallest absolute Gasteiger partial charge is 0.284 e. The van der Waals surface area contributed by atoms with Gasteiger partial charge in [-0.1, -0.05) is 24.4 Å². The van der Waals surface area contributed by atoms with Gasteiger partial charge in [-0.05, 0) is 25.7 Å². The van der Waals surface area contributed by atoms with Crippen molar-refractivity contribution in [1.82, 2.24) is 20.3 Å². The van der Waals surface area contributed by atoms with Gasteiger partial charge in [0.2, 0.25) is 0 Å². The maximum absolute atomic E-state index is 12.4. The highest BCUT2D eigenvalue weighted by atomic mass is 32.2. The van der Waals surface area contributed by atoms with Crippen LogP contribution in [0.2, 0.25) is 0 Å². The van der Waals surface area contributed by atoms with Gasteiger partial charge in [0.05, 0.1) is 9.98 Å². The van der Waals surface area contributed by atoms with E-state index in [0.717, 1.165) is 31.9 Å². The minimum absolute atomic E-state index is 0.203. The van der Waals surface area contributed by atoms with E-state index in [1.165, 1.54) is 17.1 Å². The highest BCUT2D eigenvalue weighted by Crippen LogP contribution is 2.32. The Balaban J connectivity index is 2.00. The number of amides is 1. The molecule has 1 amide bonds. The molecule has 0 aromatic rings. The number of thiocarbonyl (C=S) groups is 2. The average molecular weight is 392 g/mol. The number of nitrogens with two attached hydrogens (primary N) is 1. The Morgan fingerprint density at radius 3 is 1.96 bits per heavy atom. The summed E-state index contributed by atoms with van der Waals surface area (Å²) in [6.07, 6.45) is 4.58. The van der Waals surface area contributed by atoms with Crippen LogP contribution in [0.25, 0.3) is 0 Å². The molecular weight excluding hydrogens is 370 g/mol. The van der Waals surface area contributed by atoms with Crippen molar-refractivity contribution in [2.24, 2.45) is 17.6 Å². The topological polar surface area (TPSA) is 108 Å². The van der Waals surface area contributed by atoms with E-state index in [1.54, 1.807) is 7.05 Å².